The van der Waals surface area contributed by atoms with Crippen molar-refractivity contribution >= 4 is 67.7 Å². The number of hydrogen-bond donors (Lipinski definition) is 7. The lowest BCUT2D eigenvalue weighted by Crippen LogP contribution is -2.22. The summed E-state index contributed by atoms with van der Waals surface area (Å²) < 4.78 is 36.3. The van der Waals surface area contributed by atoms with E-state index >= 15 is 0 Å². The first-order valence-electron chi connectivity index (χ1n) is 46.5. The average molecular weight is 2020 g/mol. The number of H-pyrrole nitrogens is 7. The molecule has 20 rings (SSSR count). The largest absolute Gasteiger partial charge is 0.496 e. The molecule has 15 heterocycles. The SMILES string of the molecule is CC(C)c1c(-c2ccc3[nH]ncc3c2)nc2c(C#N)c[nH]n2c1=O.CC(C)c1c(-c2cnn(Cc3cscn3)c2)nc2c(C#N)c[nH]n2c1=O.COc1c(C)cc(-c2nc3c(C#N)c[nH]n3c(=O)c2C(C)C)cc1C.COc1cc(-c2nc3c(C#N)c[nH]n3c(=O)c2C(C)C)ccc1C.COc1ccc(-c2nc3c(C#N)c[nH]n3c(=O)c2C(C)C)cc1Cl.COc1ccc(-c2nc3c(C#N)c[nH]n3c(=O)c2C(C)C)cc1OC. The molecule has 0 bridgehead atoms. The number of nitrogens with zero attached hydrogens (tertiary/aromatic N) is 22. The van der Waals surface area contributed by atoms with E-state index in [1.807, 2.05) is 182 Å². The summed E-state index contributed by atoms with van der Waals surface area (Å²) in [6, 6.07) is 38.4. The predicted octanol–water partition coefficient (Wildman–Crippen LogP) is 17.3. The molecule has 0 aliphatic heterocycles. The molecular weight excluding hydrogens is 1920 g/mol. The fraction of sp³-hybridized carbons (Fsp3) is 0.255. The zero-order chi connectivity index (χ0) is 106. The number of benzene rings is 5. The molecule has 0 aliphatic carbocycles. The summed E-state index contributed by atoms with van der Waals surface area (Å²) in [5.41, 5.74) is 20.9. The Morgan fingerprint density at radius 2 is 0.676 bits per heavy atom. The van der Waals surface area contributed by atoms with E-state index in [2.05, 4.69) is 105 Å². The van der Waals surface area contributed by atoms with Crippen LogP contribution in [0.5, 0.6) is 28.7 Å². The molecule has 0 amide bonds. The Kier molecular flexibility index (Phi) is 30.5. The van der Waals surface area contributed by atoms with Gasteiger partial charge in [0.15, 0.2) is 45.4 Å². The molecule has 15 aromatic heterocycles. The van der Waals surface area contributed by atoms with Gasteiger partial charge in [0, 0.05) is 121 Å². The van der Waals surface area contributed by atoms with Crippen molar-refractivity contribution in [3.05, 3.63) is 308 Å². The number of nitriles is 6. The van der Waals surface area contributed by atoms with E-state index in [0.29, 0.717) is 169 Å². The van der Waals surface area contributed by atoms with Gasteiger partial charge in [0.05, 0.1) is 110 Å². The smallest absolute Gasteiger partial charge is 0.276 e. The number of hydrogen-bond acceptors (Lipinski definition) is 27. The number of fused-ring (bicyclic) bond motifs is 7. The fourth-order valence-corrected chi connectivity index (χ4v) is 18.2. The number of thiazole rings is 1. The third-order valence-electron chi connectivity index (χ3n) is 24.5. The highest BCUT2D eigenvalue weighted by atomic mass is 35.5. The molecule has 0 aliphatic rings. The molecule has 0 spiro atoms. The van der Waals surface area contributed by atoms with Crippen molar-refractivity contribution in [3.8, 4) is 133 Å². The molecule has 0 atom stereocenters. The lowest BCUT2D eigenvalue weighted by Gasteiger charge is -2.15. The maximum absolute atomic E-state index is 12.9. The monoisotopic (exact) mass is 2020 g/mol. The lowest BCUT2D eigenvalue weighted by molar-refractivity contribution is 0.355. The second-order valence-electron chi connectivity index (χ2n) is 36.1. The summed E-state index contributed by atoms with van der Waals surface area (Å²) in [7, 11) is 7.91. The number of ether oxygens (including phenoxy) is 5. The number of aromatic nitrogens is 23. The minimum atomic E-state index is -0.224. The van der Waals surface area contributed by atoms with Crippen molar-refractivity contribution in [2.45, 2.75) is 146 Å². The average Bonchev–Trinajstić information content (AvgIpc) is 1.44. The van der Waals surface area contributed by atoms with E-state index in [-0.39, 0.29) is 68.9 Å². The molecule has 7 N–H and O–H groups in total. The van der Waals surface area contributed by atoms with Crippen LogP contribution in [-0.2, 0) is 6.54 Å². The minimum Gasteiger partial charge on any atom is -0.496 e. The van der Waals surface area contributed by atoms with Gasteiger partial charge in [-0.2, -0.15) is 41.8 Å². The molecule has 5 aromatic carbocycles. The van der Waals surface area contributed by atoms with Gasteiger partial charge in [0.1, 0.15) is 87.0 Å². The van der Waals surface area contributed by atoms with Gasteiger partial charge in [-0.15, -0.1) is 11.3 Å². The first-order valence-corrected chi connectivity index (χ1v) is 47.8. The molecule has 748 valence electrons. The van der Waals surface area contributed by atoms with Gasteiger partial charge in [0.25, 0.3) is 33.4 Å². The lowest BCUT2D eigenvalue weighted by atomic mass is 9.95. The molecule has 40 nitrogen and oxygen atoms in total. The summed E-state index contributed by atoms with van der Waals surface area (Å²) in [6.07, 6.45) is 14.2. The van der Waals surface area contributed by atoms with Crippen LogP contribution in [0.1, 0.15) is 208 Å². The molecule has 42 heteroatoms. The predicted molar refractivity (Wildman–Crippen MR) is 559 cm³/mol. The van der Waals surface area contributed by atoms with Gasteiger partial charge >= 0.3 is 0 Å². The quantitative estimate of drug-likeness (QED) is 0.0395. The Hall–Kier alpha value is -18.8. The number of methoxy groups -OCH3 is 5. The Labute approximate surface area is 852 Å². The molecule has 20 aromatic rings. The topological polar surface area (TPSA) is 549 Å². The van der Waals surface area contributed by atoms with Gasteiger partial charge < -0.3 is 23.7 Å². The van der Waals surface area contributed by atoms with Crippen molar-refractivity contribution < 1.29 is 23.7 Å². The van der Waals surface area contributed by atoms with Crippen LogP contribution in [0.4, 0.5) is 0 Å². The third kappa shape index (κ3) is 19.9. The maximum Gasteiger partial charge on any atom is 0.276 e. The molecular formula is C106H100ClN29O11S. The first-order chi connectivity index (χ1) is 71.0. The number of nitrogens with one attached hydrogen (secondary N) is 7. The molecule has 0 unspecified atom stereocenters. The summed E-state index contributed by atoms with van der Waals surface area (Å²) in [6.45, 7) is 29.8. The van der Waals surface area contributed by atoms with Gasteiger partial charge in [-0.05, 0) is 140 Å². The Bertz CT molecular complexity index is 9210. The Morgan fingerprint density at radius 1 is 0.358 bits per heavy atom. The van der Waals surface area contributed by atoms with Crippen LogP contribution in [0.2, 0.25) is 5.02 Å². The molecule has 0 radical (unpaired) electrons. The van der Waals surface area contributed by atoms with E-state index in [9.17, 15) is 60.3 Å². The highest BCUT2D eigenvalue weighted by molar-refractivity contribution is 7.07. The summed E-state index contributed by atoms with van der Waals surface area (Å²) in [4.78, 5) is 109. The zero-order valence-electron chi connectivity index (χ0n) is 84.2. The van der Waals surface area contributed by atoms with Crippen molar-refractivity contribution in [2.75, 3.05) is 35.5 Å². The van der Waals surface area contributed by atoms with Crippen LogP contribution in [-0.4, -0.2) is 148 Å². The highest BCUT2D eigenvalue weighted by Gasteiger charge is 2.30. The summed E-state index contributed by atoms with van der Waals surface area (Å²) >= 11 is 7.75. The van der Waals surface area contributed by atoms with Crippen LogP contribution < -0.4 is 57.0 Å². The van der Waals surface area contributed by atoms with Crippen molar-refractivity contribution in [1.82, 2.24) is 113 Å². The first kappa shape index (κ1) is 104. The Morgan fingerprint density at radius 3 is 1.00 bits per heavy atom. The number of halogens is 1. The molecule has 0 saturated heterocycles. The number of aryl methyl sites for hydroxylation is 3. The Balaban J connectivity index is 0.000000133. The molecule has 0 fully saturated rings. The second kappa shape index (κ2) is 43.5. The van der Waals surface area contributed by atoms with Crippen LogP contribution in [0.15, 0.2) is 180 Å². The summed E-state index contributed by atoms with van der Waals surface area (Å²) in [5.74, 6) is 3.08. The maximum atomic E-state index is 12.9. The van der Waals surface area contributed by atoms with Gasteiger partial charge in [-0.1, -0.05) is 113 Å². The summed E-state index contributed by atoms with van der Waals surface area (Å²) in [5, 5.41) is 86.9. The van der Waals surface area contributed by atoms with Crippen LogP contribution in [0.3, 0.4) is 0 Å². The molecule has 148 heavy (non-hydrogen) atoms. The van der Waals surface area contributed by atoms with Crippen LogP contribution in [0.25, 0.3) is 112 Å². The van der Waals surface area contributed by atoms with Crippen LogP contribution >= 0.6 is 22.9 Å². The zero-order valence-corrected chi connectivity index (χ0v) is 85.8. The van der Waals surface area contributed by atoms with E-state index in [1.54, 1.807) is 81.4 Å². The number of rotatable bonds is 19. The highest BCUT2D eigenvalue weighted by Crippen LogP contribution is 2.40. The van der Waals surface area contributed by atoms with Crippen molar-refractivity contribution in [3.63, 3.8) is 0 Å². The minimum absolute atomic E-state index is 0.00853. The van der Waals surface area contributed by atoms with E-state index in [0.717, 1.165) is 72.6 Å². The van der Waals surface area contributed by atoms with Gasteiger partial charge in [-0.25, -0.2) is 62.0 Å². The van der Waals surface area contributed by atoms with Crippen molar-refractivity contribution in [2.24, 2.45) is 0 Å². The standard InChI is InChI=1S/C19H20N4O2.C18H18N4O3.C18H18N4O2.C17H15ClN4O2.C17H15N7OS.C17H14N6O/c1-10(2)15-16(13-6-11(3)17(25-5)12(4)7-13)22-18-14(8-20)9-21-23(18)19(15)24;1-10(2)15-16(11-5-6-13(24-3)14(7-11)25-4)21-17-12(8-19)9-20-22(17)18(15)23;1-10(2)15-16(12-6-5-11(3)14(7-12)24-4)21-17-13(8-19)9-20-22(17)18(15)23;1-9(2)14-15(10-4-5-13(24-3)12(18)6-10)21-16-11(7-19)8-20-22(16)17(14)23;1-10(2)14-15(22-16-11(3-18)4-21-24(16)17(14)25)12-5-20-23(6-12)7-13-8-26-9-19-13;1-9(2)14-15(10-3-4-13-11(5-10)7-19-22-13)21-16-12(6-18)8-20-23(16)17(14)24/h6-7,9-10,21H,1-5H3;5-7,9-10,20H,1-4H3;5-7,9-10,20H,1-4H3;4-6,8-9,20H,1-3H3;4-6,8-10,21H,7H2,1-2H3;3-5,7-9,20H,1-2H3,(H,19,22). The van der Waals surface area contributed by atoms with E-state index < -0.39 is 0 Å². The fourth-order valence-electron chi connectivity index (χ4n) is 17.4. The molecule has 0 saturated carbocycles. The van der Waals surface area contributed by atoms with E-state index in [4.69, 9.17) is 35.3 Å². The van der Waals surface area contributed by atoms with Crippen LogP contribution in [0, 0.1) is 88.8 Å². The van der Waals surface area contributed by atoms with Crippen molar-refractivity contribution in [1.29, 1.82) is 31.6 Å². The second-order valence-corrected chi connectivity index (χ2v) is 37.2. The van der Waals surface area contributed by atoms with Gasteiger partial charge in [-0.3, -0.25) is 69.1 Å². The third-order valence-corrected chi connectivity index (χ3v) is 25.4. The van der Waals surface area contributed by atoms with Gasteiger partial charge in [0.2, 0.25) is 0 Å². The normalized spacial score (nSPS) is 11.1. The van der Waals surface area contributed by atoms with E-state index in [1.165, 1.54) is 82.7 Å². The number of aromatic amines is 7.